The van der Waals surface area contributed by atoms with Crippen molar-refractivity contribution in [1.82, 2.24) is 19.6 Å². The first-order valence-corrected chi connectivity index (χ1v) is 6.75. The molecule has 3 rings (SSSR count). The third-order valence-electron chi connectivity index (χ3n) is 3.40. The molecule has 0 spiro atoms. The van der Waals surface area contributed by atoms with E-state index in [4.69, 9.17) is 0 Å². The fraction of sp³-hybridized carbons (Fsp3) is 0.429. The maximum atomic E-state index is 12.1. The number of fused-ring (bicyclic) bond motifs is 1. The second kappa shape index (κ2) is 4.91. The fourth-order valence-electron chi connectivity index (χ4n) is 2.28. The molecule has 100 valence electrons. The van der Waals surface area contributed by atoms with Crippen molar-refractivity contribution in [2.75, 3.05) is 6.54 Å². The zero-order valence-electron chi connectivity index (χ0n) is 11.0. The second-order valence-electron chi connectivity index (χ2n) is 4.87. The summed E-state index contributed by atoms with van der Waals surface area (Å²) in [6.07, 6.45) is 6.05. The number of carbonyl (C=O) groups is 1. The van der Waals surface area contributed by atoms with E-state index in [1.54, 1.807) is 0 Å². The zero-order chi connectivity index (χ0) is 13.2. The minimum absolute atomic E-state index is 0.0240. The molecule has 0 atom stereocenters. The third kappa shape index (κ3) is 2.41. The molecule has 5 nitrogen and oxygen atoms in total. The normalized spacial score (nSPS) is 14.6. The molecule has 0 unspecified atom stereocenters. The first kappa shape index (κ1) is 12.0. The highest BCUT2D eigenvalue weighted by Crippen LogP contribution is 2.28. The molecular formula is C14H18N4O. The third-order valence-corrected chi connectivity index (χ3v) is 3.40. The molecule has 2 heterocycles. The lowest BCUT2D eigenvalue weighted by Crippen LogP contribution is -2.41. The summed E-state index contributed by atoms with van der Waals surface area (Å²) in [5.41, 5.74) is 1.97. The number of nitrogens with zero attached hydrogens (tertiary/aromatic N) is 3. The summed E-state index contributed by atoms with van der Waals surface area (Å²) in [6, 6.07) is 6.33. The fourth-order valence-corrected chi connectivity index (χ4v) is 2.28. The Morgan fingerprint density at radius 3 is 3.11 bits per heavy atom. The smallest absolute Gasteiger partial charge is 0.317 e. The van der Waals surface area contributed by atoms with E-state index in [2.05, 4.69) is 10.3 Å². The van der Waals surface area contributed by atoms with E-state index in [-0.39, 0.29) is 6.03 Å². The maximum Gasteiger partial charge on any atom is 0.317 e. The van der Waals surface area contributed by atoms with Gasteiger partial charge < -0.3 is 14.6 Å². The highest BCUT2D eigenvalue weighted by atomic mass is 16.2. The average molecular weight is 258 g/mol. The van der Waals surface area contributed by atoms with Gasteiger partial charge in [0.1, 0.15) is 5.65 Å². The van der Waals surface area contributed by atoms with Crippen LogP contribution in [0.1, 0.15) is 25.5 Å². The Morgan fingerprint density at radius 1 is 1.53 bits per heavy atom. The minimum Gasteiger partial charge on any atom is -0.338 e. The van der Waals surface area contributed by atoms with Crippen LogP contribution in [0.2, 0.25) is 0 Å². The van der Waals surface area contributed by atoms with Gasteiger partial charge in [-0.2, -0.15) is 0 Å². The molecule has 2 aromatic heterocycles. The van der Waals surface area contributed by atoms with Crippen LogP contribution in [0.5, 0.6) is 0 Å². The van der Waals surface area contributed by atoms with Gasteiger partial charge in [-0.25, -0.2) is 9.78 Å². The zero-order valence-corrected chi connectivity index (χ0v) is 11.0. The Labute approximate surface area is 112 Å². The van der Waals surface area contributed by atoms with Crippen LogP contribution in [0.4, 0.5) is 4.79 Å². The number of imidazole rings is 1. The van der Waals surface area contributed by atoms with Crippen molar-refractivity contribution in [3.05, 3.63) is 36.3 Å². The molecular weight excluding hydrogens is 240 g/mol. The largest absolute Gasteiger partial charge is 0.338 e. The van der Waals surface area contributed by atoms with E-state index >= 15 is 0 Å². The Kier molecular flexibility index (Phi) is 3.11. The second-order valence-corrected chi connectivity index (χ2v) is 4.87. The lowest BCUT2D eigenvalue weighted by Gasteiger charge is -2.22. The number of nitrogens with one attached hydrogen (secondary N) is 1. The topological polar surface area (TPSA) is 49.6 Å². The predicted octanol–water partition coefficient (Wildman–Crippen LogP) is 2.03. The molecule has 0 aromatic carbocycles. The number of rotatable bonds is 4. The average Bonchev–Trinajstić information content (AvgIpc) is 3.18. The molecule has 1 saturated carbocycles. The van der Waals surface area contributed by atoms with Crippen LogP contribution >= 0.6 is 0 Å². The number of hydrogen-bond acceptors (Lipinski definition) is 2. The van der Waals surface area contributed by atoms with Crippen LogP contribution in [0.15, 0.2) is 30.6 Å². The van der Waals surface area contributed by atoms with Crippen molar-refractivity contribution in [2.24, 2.45) is 0 Å². The Balaban J connectivity index is 1.83. The van der Waals surface area contributed by atoms with E-state index in [1.165, 1.54) is 0 Å². The number of hydrogen-bond donors (Lipinski definition) is 1. The monoisotopic (exact) mass is 258 g/mol. The number of aromatic nitrogens is 2. The van der Waals surface area contributed by atoms with Crippen molar-refractivity contribution in [1.29, 1.82) is 0 Å². The van der Waals surface area contributed by atoms with Crippen LogP contribution < -0.4 is 5.32 Å². The van der Waals surface area contributed by atoms with Crippen LogP contribution in [-0.2, 0) is 6.54 Å². The standard InChI is InChI=1S/C14H18N4O/c1-2-15-14(19)18(11-6-7-11)10-12-9-16-13-5-3-4-8-17(12)13/h3-5,8-9,11H,2,6-7,10H2,1H3,(H,15,19). The molecule has 1 N–H and O–H groups in total. The van der Waals surface area contributed by atoms with Crippen molar-refractivity contribution >= 4 is 11.7 Å². The molecule has 5 heteroatoms. The summed E-state index contributed by atoms with van der Waals surface area (Å²) in [5, 5.41) is 2.88. The quantitative estimate of drug-likeness (QED) is 0.912. The van der Waals surface area contributed by atoms with Gasteiger partial charge in [-0.15, -0.1) is 0 Å². The van der Waals surface area contributed by atoms with Crippen LogP contribution in [0.3, 0.4) is 0 Å². The number of amides is 2. The lowest BCUT2D eigenvalue weighted by molar-refractivity contribution is 0.191. The van der Waals surface area contributed by atoms with E-state index in [1.807, 2.05) is 46.8 Å². The molecule has 1 aliphatic carbocycles. The van der Waals surface area contributed by atoms with Gasteiger partial charge in [0.25, 0.3) is 0 Å². The SMILES string of the molecule is CCNC(=O)N(Cc1cnc2ccccn12)C1CC1. The number of urea groups is 1. The Morgan fingerprint density at radius 2 is 2.37 bits per heavy atom. The highest BCUT2D eigenvalue weighted by molar-refractivity contribution is 5.74. The van der Waals surface area contributed by atoms with Gasteiger partial charge in [0, 0.05) is 18.8 Å². The predicted molar refractivity (Wildman–Crippen MR) is 72.8 cm³/mol. The molecule has 0 aliphatic heterocycles. The summed E-state index contributed by atoms with van der Waals surface area (Å²) in [6.45, 7) is 3.22. The van der Waals surface area contributed by atoms with Crippen molar-refractivity contribution in [3.63, 3.8) is 0 Å². The van der Waals surface area contributed by atoms with Crippen LogP contribution in [0, 0.1) is 0 Å². The van der Waals surface area contributed by atoms with E-state index < -0.39 is 0 Å². The first-order chi connectivity index (χ1) is 9.29. The summed E-state index contributed by atoms with van der Waals surface area (Å²) in [4.78, 5) is 18.4. The van der Waals surface area contributed by atoms with E-state index in [9.17, 15) is 4.79 Å². The molecule has 1 aliphatic rings. The molecule has 0 bridgehead atoms. The number of carbonyl (C=O) groups excluding carboxylic acids is 1. The Bertz CT molecular complexity index is 588. The highest BCUT2D eigenvalue weighted by Gasteiger charge is 2.32. The van der Waals surface area contributed by atoms with Gasteiger partial charge in [0.15, 0.2) is 0 Å². The Hall–Kier alpha value is -2.04. The lowest BCUT2D eigenvalue weighted by atomic mass is 10.4. The summed E-state index contributed by atoms with van der Waals surface area (Å²) in [7, 11) is 0. The summed E-state index contributed by atoms with van der Waals surface area (Å²) in [5.74, 6) is 0. The van der Waals surface area contributed by atoms with E-state index in [0.29, 0.717) is 19.1 Å². The van der Waals surface area contributed by atoms with E-state index in [0.717, 1.165) is 24.2 Å². The summed E-state index contributed by atoms with van der Waals surface area (Å²) < 4.78 is 2.04. The van der Waals surface area contributed by atoms with Crippen molar-refractivity contribution < 1.29 is 4.79 Å². The maximum absolute atomic E-state index is 12.1. The van der Waals surface area contributed by atoms with Crippen molar-refractivity contribution in [3.8, 4) is 0 Å². The van der Waals surface area contributed by atoms with Gasteiger partial charge in [-0.05, 0) is 31.9 Å². The number of pyridine rings is 1. The first-order valence-electron chi connectivity index (χ1n) is 6.75. The minimum atomic E-state index is 0.0240. The molecule has 2 amide bonds. The molecule has 2 aromatic rings. The molecule has 1 fully saturated rings. The van der Waals surface area contributed by atoms with Crippen molar-refractivity contribution in [2.45, 2.75) is 32.4 Å². The molecule has 19 heavy (non-hydrogen) atoms. The van der Waals surface area contributed by atoms with Crippen LogP contribution in [0.25, 0.3) is 5.65 Å². The van der Waals surface area contributed by atoms with Crippen LogP contribution in [-0.4, -0.2) is 32.9 Å². The van der Waals surface area contributed by atoms with Gasteiger partial charge in [0.2, 0.25) is 0 Å². The van der Waals surface area contributed by atoms with Gasteiger partial charge >= 0.3 is 6.03 Å². The summed E-state index contributed by atoms with van der Waals surface area (Å²) >= 11 is 0. The molecule has 0 saturated heterocycles. The van der Waals surface area contributed by atoms with Gasteiger partial charge in [-0.3, -0.25) is 0 Å². The van der Waals surface area contributed by atoms with Gasteiger partial charge in [-0.1, -0.05) is 6.07 Å². The van der Waals surface area contributed by atoms with Gasteiger partial charge in [0.05, 0.1) is 18.4 Å². The molecule has 0 radical (unpaired) electrons.